The fourth-order valence-electron chi connectivity index (χ4n) is 3.41. The predicted octanol–water partition coefficient (Wildman–Crippen LogP) is 5.16. The zero-order chi connectivity index (χ0) is 21.9. The summed E-state index contributed by atoms with van der Waals surface area (Å²) in [7, 11) is 0. The van der Waals surface area contributed by atoms with Gasteiger partial charge in [0.25, 0.3) is 0 Å². The molecule has 1 aromatic carbocycles. The van der Waals surface area contributed by atoms with E-state index in [9.17, 15) is 4.79 Å². The SMILES string of the molecule is C=CCC(=O)NCc1cccnc1.CC1=CSc2ccccc2C(N2CCCCC2)=N1. The largest absolute Gasteiger partial charge is 0.356 e. The smallest absolute Gasteiger partial charge is 0.224 e. The highest BCUT2D eigenvalue weighted by Crippen LogP contribution is 2.30. The lowest BCUT2D eigenvalue weighted by molar-refractivity contribution is -0.120. The molecule has 5 nitrogen and oxygen atoms in total. The molecule has 0 radical (unpaired) electrons. The van der Waals surface area contributed by atoms with Gasteiger partial charge in [-0.3, -0.25) is 9.78 Å². The van der Waals surface area contributed by atoms with Crippen LogP contribution in [0.5, 0.6) is 0 Å². The quantitative estimate of drug-likeness (QED) is 0.675. The maximum atomic E-state index is 11.0. The van der Waals surface area contributed by atoms with Gasteiger partial charge < -0.3 is 10.2 Å². The molecule has 2 aliphatic rings. The van der Waals surface area contributed by atoms with Crippen molar-refractivity contribution in [1.82, 2.24) is 15.2 Å². The number of carbonyl (C=O) groups excluding carboxylic acids is 1. The Morgan fingerprint density at radius 2 is 2.00 bits per heavy atom. The summed E-state index contributed by atoms with van der Waals surface area (Å²) in [4.78, 5) is 23.5. The molecule has 0 unspecified atom stereocenters. The third-order valence-electron chi connectivity index (χ3n) is 4.96. The second-order valence-corrected chi connectivity index (χ2v) is 8.40. The molecule has 0 bridgehead atoms. The van der Waals surface area contributed by atoms with Gasteiger partial charge in [0, 0.05) is 54.6 Å². The highest BCUT2D eigenvalue weighted by Gasteiger charge is 2.20. The Balaban J connectivity index is 0.000000187. The Bertz CT molecular complexity index is 934. The molecule has 31 heavy (non-hydrogen) atoms. The zero-order valence-electron chi connectivity index (χ0n) is 18.1. The summed E-state index contributed by atoms with van der Waals surface area (Å²) in [6.07, 6.45) is 9.31. The Kier molecular flexibility index (Phi) is 8.91. The molecule has 0 atom stereocenters. The number of thioether (sulfide) groups is 1. The molecule has 1 N–H and O–H groups in total. The van der Waals surface area contributed by atoms with Gasteiger partial charge in [-0.25, -0.2) is 4.99 Å². The number of hydrogen-bond donors (Lipinski definition) is 1. The molecule has 2 aromatic rings. The minimum Gasteiger partial charge on any atom is -0.356 e. The Morgan fingerprint density at radius 3 is 2.74 bits per heavy atom. The molecular formula is C25H30N4OS. The van der Waals surface area contributed by atoms with E-state index in [1.165, 1.54) is 35.6 Å². The zero-order valence-corrected chi connectivity index (χ0v) is 18.9. The molecule has 6 heteroatoms. The number of piperidine rings is 1. The van der Waals surface area contributed by atoms with E-state index in [4.69, 9.17) is 4.99 Å². The van der Waals surface area contributed by atoms with Crippen LogP contribution in [0.15, 0.2) is 82.4 Å². The van der Waals surface area contributed by atoms with Crippen molar-refractivity contribution in [3.63, 3.8) is 0 Å². The molecule has 0 aliphatic carbocycles. The number of hydrogen-bond acceptors (Lipinski definition) is 5. The first kappa shape index (κ1) is 22.8. The van der Waals surface area contributed by atoms with Crippen LogP contribution in [-0.4, -0.2) is 34.7 Å². The molecule has 0 saturated carbocycles. The van der Waals surface area contributed by atoms with Crippen molar-refractivity contribution in [2.75, 3.05) is 13.1 Å². The number of aromatic nitrogens is 1. The second-order valence-electron chi connectivity index (χ2n) is 7.49. The van der Waals surface area contributed by atoms with E-state index >= 15 is 0 Å². The van der Waals surface area contributed by atoms with E-state index in [0.29, 0.717) is 13.0 Å². The van der Waals surface area contributed by atoms with Gasteiger partial charge in [-0.1, -0.05) is 42.1 Å². The Labute approximate surface area is 189 Å². The van der Waals surface area contributed by atoms with Gasteiger partial charge in [-0.2, -0.15) is 0 Å². The number of allylic oxidation sites excluding steroid dienone is 1. The van der Waals surface area contributed by atoms with E-state index in [0.717, 1.165) is 24.4 Å². The molecule has 1 amide bonds. The van der Waals surface area contributed by atoms with Gasteiger partial charge in [-0.05, 0) is 49.3 Å². The van der Waals surface area contributed by atoms with Gasteiger partial charge in [0.1, 0.15) is 5.84 Å². The van der Waals surface area contributed by atoms with Gasteiger partial charge >= 0.3 is 0 Å². The van der Waals surface area contributed by atoms with Gasteiger partial charge in [0.05, 0.1) is 0 Å². The van der Waals surface area contributed by atoms with Crippen molar-refractivity contribution in [3.8, 4) is 0 Å². The van der Waals surface area contributed by atoms with Crippen LogP contribution in [0.3, 0.4) is 0 Å². The van der Waals surface area contributed by atoms with Crippen LogP contribution in [0.1, 0.15) is 43.7 Å². The number of pyridine rings is 1. The van der Waals surface area contributed by atoms with Gasteiger partial charge in [0.15, 0.2) is 0 Å². The minimum atomic E-state index is -0.0150. The fraction of sp³-hybridized carbons (Fsp3) is 0.320. The Morgan fingerprint density at radius 1 is 1.19 bits per heavy atom. The third kappa shape index (κ3) is 7.10. The molecular weight excluding hydrogens is 404 g/mol. The molecule has 1 fully saturated rings. The third-order valence-corrected chi connectivity index (χ3v) is 6.03. The van der Waals surface area contributed by atoms with Crippen LogP contribution in [0.25, 0.3) is 0 Å². The van der Waals surface area contributed by atoms with Crippen LogP contribution >= 0.6 is 11.8 Å². The minimum absolute atomic E-state index is 0.0150. The Hall–Kier alpha value is -2.86. The number of aliphatic imine (C=N–C) groups is 1. The number of fused-ring (bicyclic) bond motifs is 1. The van der Waals surface area contributed by atoms with Crippen LogP contribution in [0, 0.1) is 0 Å². The van der Waals surface area contributed by atoms with E-state index in [1.54, 1.807) is 30.2 Å². The number of likely N-dealkylation sites (tertiary alicyclic amines) is 1. The van der Waals surface area contributed by atoms with E-state index in [2.05, 4.69) is 58.4 Å². The predicted molar refractivity (Wildman–Crippen MR) is 129 cm³/mol. The number of amides is 1. The van der Waals surface area contributed by atoms with E-state index in [1.807, 2.05) is 12.1 Å². The number of rotatable bonds is 4. The first-order chi connectivity index (χ1) is 15.2. The monoisotopic (exact) mass is 434 g/mol. The average molecular weight is 435 g/mol. The molecule has 1 aromatic heterocycles. The highest BCUT2D eigenvalue weighted by molar-refractivity contribution is 8.02. The van der Waals surface area contributed by atoms with Crippen LogP contribution in [-0.2, 0) is 11.3 Å². The second kappa shape index (κ2) is 12.1. The van der Waals surface area contributed by atoms with Crippen molar-refractivity contribution in [1.29, 1.82) is 0 Å². The number of nitrogens with zero attached hydrogens (tertiary/aromatic N) is 3. The summed E-state index contributed by atoms with van der Waals surface area (Å²) in [5.41, 5.74) is 3.40. The first-order valence-electron chi connectivity index (χ1n) is 10.7. The molecule has 4 rings (SSSR count). The average Bonchev–Trinajstić information content (AvgIpc) is 2.99. The number of benzene rings is 1. The van der Waals surface area contributed by atoms with Crippen molar-refractivity contribution in [3.05, 3.63) is 83.7 Å². The van der Waals surface area contributed by atoms with Crippen LogP contribution in [0.4, 0.5) is 0 Å². The fourth-order valence-corrected chi connectivity index (χ4v) is 4.20. The summed E-state index contributed by atoms with van der Waals surface area (Å²) in [5, 5.41) is 4.90. The molecule has 0 spiro atoms. The molecule has 3 heterocycles. The lowest BCUT2D eigenvalue weighted by Crippen LogP contribution is -2.36. The highest BCUT2D eigenvalue weighted by atomic mass is 32.2. The maximum absolute atomic E-state index is 11.0. The maximum Gasteiger partial charge on any atom is 0.224 e. The molecule has 2 aliphatic heterocycles. The van der Waals surface area contributed by atoms with Gasteiger partial charge in [-0.15, -0.1) is 6.58 Å². The number of amidine groups is 1. The van der Waals surface area contributed by atoms with Crippen molar-refractivity contribution in [2.24, 2.45) is 4.99 Å². The summed E-state index contributed by atoms with van der Waals surface area (Å²) < 4.78 is 0. The standard InChI is InChI=1S/C15H18N2S.C10H12N2O/c1-12-11-18-14-8-4-3-7-13(14)15(16-12)17-9-5-2-6-10-17;1-2-4-10(13)12-8-9-5-3-6-11-7-9/h3-4,7-8,11H,2,5-6,9-10H2,1H3;2-3,5-7H,1,4,8H2,(H,12,13). The van der Waals surface area contributed by atoms with Crippen molar-refractivity contribution in [2.45, 2.75) is 44.0 Å². The number of carbonyl (C=O) groups is 1. The number of nitrogens with one attached hydrogen (secondary N) is 1. The van der Waals surface area contributed by atoms with Crippen molar-refractivity contribution < 1.29 is 4.79 Å². The topological polar surface area (TPSA) is 57.6 Å². The lowest BCUT2D eigenvalue weighted by atomic mass is 10.1. The van der Waals surface area contributed by atoms with Gasteiger partial charge in [0.2, 0.25) is 5.91 Å². The summed E-state index contributed by atoms with van der Waals surface area (Å²) >= 11 is 1.78. The van der Waals surface area contributed by atoms with E-state index in [-0.39, 0.29) is 5.91 Å². The van der Waals surface area contributed by atoms with Crippen LogP contribution in [0.2, 0.25) is 0 Å². The normalized spacial score (nSPS) is 15.3. The summed E-state index contributed by atoms with van der Waals surface area (Å²) in [5.74, 6) is 1.16. The lowest BCUT2D eigenvalue weighted by Gasteiger charge is -2.30. The van der Waals surface area contributed by atoms with Crippen LogP contribution < -0.4 is 5.32 Å². The molecule has 162 valence electrons. The summed E-state index contributed by atoms with van der Waals surface area (Å²) in [6, 6.07) is 12.4. The van der Waals surface area contributed by atoms with E-state index < -0.39 is 0 Å². The van der Waals surface area contributed by atoms with Crippen molar-refractivity contribution >= 4 is 23.5 Å². The first-order valence-corrected chi connectivity index (χ1v) is 11.6. The summed E-state index contributed by atoms with van der Waals surface area (Å²) in [6.45, 7) is 8.38. The molecule has 1 saturated heterocycles.